The third-order valence-corrected chi connectivity index (χ3v) is 6.75. The highest BCUT2D eigenvalue weighted by molar-refractivity contribution is 5.87. The molecule has 1 fully saturated rings. The molecule has 1 heterocycles. The van der Waals surface area contributed by atoms with Gasteiger partial charge in [0.1, 0.15) is 0 Å². The fourth-order valence-electron chi connectivity index (χ4n) is 4.82. The molecule has 3 aromatic rings. The molecule has 0 aliphatic carbocycles. The number of hydrogen-bond acceptors (Lipinski definition) is 3. The zero-order valence-corrected chi connectivity index (χ0v) is 23.6. The number of carbonyl (C=O) groups excluding carboxylic acids is 1. The average Bonchev–Trinajstić information content (AvgIpc) is 3.39. The molecule has 4 rings (SSSR count). The summed E-state index contributed by atoms with van der Waals surface area (Å²) < 4.78 is 0. The van der Waals surface area contributed by atoms with E-state index in [1.807, 2.05) is 100 Å². The molecule has 2 atom stereocenters. The first kappa shape index (κ1) is 30.3. The monoisotopic (exact) mass is 502 g/mol. The summed E-state index contributed by atoms with van der Waals surface area (Å²) in [5.74, 6) is -0.280. The summed E-state index contributed by atoms with van der Waals surface area (Å²) >= 11 is 0. The van der Waals surface area contributed by atoms with Crippen LogP contribution >= 0.6 is 0 Å². The van der Waals surface area contributed by atoms with Gasteiger partial charge in [-0.1, -0.05) is 120 Å². The maximum atomic E-state index is 14.1. The van der Waals surface area contributed by atoms with Gasteiger partial charge in [-0.05, 0) is 35.1 Å². The Labute approximate surface area is 225 Å². The van der Waals surface area contributed by atoms with Crippen molar-refractivity contribution in [2.24, 2.45) is 0 Å². The fraction of sp³-hybridized carbons (Fsp3) is 0.424. The van der Waals surface area contributed by atoms with E-state index in [9.17, 15) is 9.90 Å². The van der Waals surface area contributed by atoms with Crippen LogP contribution in [-0.2, 0) is 11.2 Å². The number of aliphatic hydroxyl groups excluding tert-OH is 1. The third-order valence-electron chi connectivity index (χ3n) is 6.75. The van der Waals surface area contributed by atoms with Gasteiger partial charge < -0.3 is 10.0 Å². The minimum Gasteiger partial charge on any atom is -0.392 e. The standard InChI is InChI=1S/C29H34N2O2.2C2H6/c1-3-22-11-10-16-25(19-22)27(21-31-18-17-26(32)20-31)30(2)29(33)28(23-12-6-4-7-13-23)24-14-8-5-9-15-24;2*1-2/h4-16,19,26-28,32H,3,17-18,20-21H2,1-2H3;2*1-2H3/t26-,27?;;/m0../s1. The molecule has 4 heteroatoms. The second-order valence-corrected chi connectivity index (χ2v) is 9.02. The lowest BCUT2D eigenvalue weighted by atomic mass is 9.89. The number of aryl methyl sites for hydroxylation is 1. The Bertz CT molecular complexity index is 999. The van der Waals surface area contributed by atoms with Crippen LogP contribution in [0.4, 0.5) is 0 Å². The van der Waals surface area contributed by atoms with E-state index in [1.54, 1.807) is 0 Å². The molecule has 0 spiro atoms. The molecule has 1 aliphatic rings. The molecule has 3 aromatic carbocycles. The Morgan fingerprint density at radius 3 is 1.92 bits per heavy atom. The number of aliphatic hydroxyl groups is 1. The summed E-state index contributed by atoms with van der Waals surface area (Å²) in [6.07, 6.45) is 1.46. The Hall–Kier alpha value is -2.95. The molecule has 1 unspecified atom stereocenters. The molecule has 1 amide bonds. The summed E-state index contributed by atoms with van der Waals surface area (Å²) in [6.45, 7) is 12.4. The highest BCUT2D eigenvalue weighted by atomic mass is 16.3. The first-order chi connectivity index (χ1) is 18.1. The van der Waals surface area contributed by atoms with Crippen molar-refractivity contribution in [3.8, 4) is 0 Å². The largest absolute Gasteiger partial charge is 0.392 e. The number of β-amino-alcohol motifs (C(OH)–C–C–N with tert-alkyl or cyclic N) is 1. The van der Waals surface area contributed by atoms with Crippen molar-refractivity contribution in [2.45, 2.75) is 65.5 Å². The van der Waals surface area contributed by atoms with E-state index in [2.05, 4.69) is 36.1 Å². The summed E-state index contributed by atoms with van der Waals surface area (Å²) in [6, 6.07) is 28.6. The van der Waals surface area contributed by atoms with Crippen molar-refractivity contribution in [1.82, 2.24) is 9.80 Å². The van der Waals surface area contributed by atoms with E-state index >= 15 is 0 Å². The normalized spacial score (nSPS) is 15.7. The number of likely N-dealkylation sites (tertiary alicyclic amines) is 1. The summed E-state index contributed by atoms with van der Waals surface area (Å²) in [5, 5.41) is 10.1. The second-order valence-electron chi connectivity index (χ2n) is 9.02. The zero-order chi connectivity index (χ0) is 27.2. The molecule has 1 N–H and O–H groups in total. The number of likely N-dealkylation sites (N-methyl/N-ethyl adjacent to an activating group) is 1. The lowest BCUT2D eigenvalue weighted by Gasteiger charge is -2.35. The number of carbonyl (C=O) groups is 1. The van der Waals surface area contributed by atoms with Crippen LogP contribution in [0, 0.1) is 0 Å². The highest BCUT2D eigenvalue weighted by Gasteiger charge is 2.32. The van der Waals surface area contributed by atoms with Gasteiger partial charge in [0, 0.05) is 26.7 Å². The second kappa shape index (κ2) is 16.0. The van der Waals surface area contributed by atoms with E-state index in [0.29, 0.717) is 13.1 Å². The van der Waals surface area contributed by atoms with E-state index in [1.165, 1.54) is 5.56 Å². The van der Waals surface area contributed by atoms with Crippen LogP contribution in [0.2, 0.25) is 0 Å². The van der Waals surface area contributed by atoms with Gasteiger partial charge in [0.15, 0.2) is 0 Å². The lowest BCUT2D eigenvalue weighted by Crippen LogP contribution is -2.41. The number of nitrogens with zero attached hydrogens (tertiary/aromatic N) is 2. The van der Waals surface area contributed by atoms with Crippen molar-refractivity contribution in [1.29, 1.82) is 0 Å². The minimum atomic E-state index is -0.363. The lowest BCUT2D eigenvalue weighted by molar-refractivity contribution is -0.133. The molecular formula is C33H46N2O2. The van der Waals surface area contributed by atoms with E-state index in [-0.39, 0.29) is 24.0 Å². The first-order valence-electron chi connectivity index (χ1n) is 13.9. The van der Waals surface area contributed by atoms with Crippen LogP contribution in [0.15, 0.2) is 84.9 Å². The zero-order valence-electron chi connectivity index (χ0n) is 23.6. The number of hydrogen-bond donors (Lipinski definition) is 1. The van der Waals surface area contributed by atoms with Gasteiger partial charge in [-0.15, -0.1) is 0 Å². The van der Waals surface area contributed by atoms with E-state index in [0.717, 1.165) is 36.1 Å². The predicted molar refractivity (Wildman–Crippen MR) is 156 cm³/mol. The molecule has 4 nitrogen and oxygen atoms in total. The molecule has 37 heavy (non-hydrogen) atoms. The third kappa shape index (κ3) is 8.28. The van der Waals surface area contributed by atoms with Gasteiger partial charge in [-0.3, -0.25) is 9.69 Å². The minimum absolute atomic E-state index is 0.0825. The van der Waals surface area contributed by atoms with Gasteiger partial charge in [-0.2, -0.15) is 0 Å². The fourth-order valence-corrected chi connectivity index (χ4v) is 4.82. The van der Waals surface area contributed by atoms with Gasteiger partial charge in [0.05, 0.1) is 18.1 Å². The SMILES string of the molecule is CC.CC.CCc1cccc(C(CN2CC[C@H](O)C2)N(C)C(=O)C(c2ccccc2)c2ccccc2)c1. The van der Waals surface area contributed by atoms with E-state index in [4.69, 9.17) is 0 Å². The van der Waals surface area contributed by atoms with Crippen molar-refractivity contribution in [3.63, 3.8) is 0 Å². The number of benzene rings is 3. The summed E-state index contributed by atoms with van der Waals surface area (Å²) in [4.78, 5) is 18.3. The van der Waals surface area contributed by atoms with Crippen molar-refractivity contribution in [2.75, 3.05) is 26.7 Å². The molecular weight excluding hydrogens is 456 g/mol. The molecule has 0 radical (unpaired) electrons. The molecule has 1 saturated heterocycles. The maximum Gasteiger partial charge on any atom is 0.234 e. The molecule has 200 valence electrons. The molecule has 0 aromatic heterocycles. The number of rotatable bonds is 8. The van der Waals surface area contributed by atoms with Crippen LogP contribution in [-0.4, -0.2) is 53.6 Å². The molecule has 1 aliphatic heterocycles. The van der Waals surface area contributed by atoms with Gasteiger partial charge >= 0.3 is 0 Å². The summed E-state index contributed by atoms with van der Waals surface area (Å²) in [5.41, 5.74) is 4.41. The highest BCUT2D eigenvalue weighted by Crippen LogP contribution is 2.31. The van der Waals surface area contributed by atoms with E-state index < -0.39 is 0 Å². The Morgan fingerprint density at radius 2 is 1.43 bits per heavy atom. The Balaban J connectivity index is 0.00000115. The van der Waals surface area contributed by atoms with Gasteiger partial charge in [-0.25, -0.2) is 0 Å². The summed E-state index contributed by atoms with van der Waals surface area (Å²) in [7, 11) is 1.93. The molecule has 0 saturated carbocycles. The maximum absolute atomic E-state index is 14.1. The van der Waals surface area contributed by atoms with Crippen molar-refractivity contribution >= 4 is 5.91 Å². The predicted octanol–water partition coefficient (Wildman–Crippen LogP) is 6.70. The van der Waals surface area contributed by atoms with Crippen LogP contribution in [0.3, 0.4) is 0 Å². The van der Waals surface area contributed by atoms with Crippen LogP contribution in [0.1, 0.15) is 75.3 Å². The molecule has 0 bridgehead atoms. The average molecular weight is 503 g/mol. The van der Waals surface area contributed by atoms with Crippen molar-refractivity contribution < 1.29 is 9.90 Å². The van der Waals surface area contributed by atoms with Crippen molar-refractivity contribution in [3.05, 3.63) is 107 Å². The van der Waals surface area contributed by atoms with Gasteiger partial charge in [0.25, 0.3) is 0 Å². The quantitative estimate of drug-likeness (QED) is 0.373. The van der Waals surface area contributed by atoms with Crippen LogP contribution in [0.5, 0.6) is 0 Å². The first-order valence-corrected chi connectivity index (χ1v) is 13.9. The van der Waals surface area contributed by atoms with Gasteiger partial charge in [0.2, 0.25) is 5.91 Å². The van der Waals surface area contributed by atoms with Crippen LogP contribution < -0.4 is 0 Å². The smallest absolute Gasteiger partial charge is 0.234 e. The number of amides is 1. The topological polar surface area (TPSA) is 43.8 Å². The Kier molecular flexibility index (Phi) is 13.1. The Morgan fingerprint density at radius 1 is 0.892 bits per heavy atom. The van der Waals surface area contributed by atoms with Crippen LogP contribution in [0.25, 0.3) is 0 Å².